The summed E-state index contributed by atoms with van der Waals surface area (Å²) >= 11 is 0. The maximum Gasteiger partial charge on any atom is 0.144 e. The first kappa shape index (κ1) is 5.72. The molecule has 0 aliphatic rings. The molecule has 0 aliphatic carbocycles. The molecule has 36 valence electrons. The molecule has 0 saturated heterocycles. The Kier molecular flexibility index (Phi) is 2.79. The lowest BCUT2D eigenvalue weighted by Gasteiger charge is -2.07. The zero-order chi connectivity index (χ0) is 4.99. The van der Waals surface area contributed by atoms with Crippen LogP contribution in [0.15, 0.2) is 12.8 Å². The fraction of sp³-hybridized carbons (Fsp3) is 0.333. The summed E-state index contributed by atoms with van der Waals surface area (Å²) < 4.78 is 1.65. The van der Waals surface area contributed by atoms with Gasteiger partial charge >= 0.3 is 0 Å². The second-order valence-electron chi connectivity index (χ2n) is 0.911. The van der Waals surface area contributed by atoms with Crippen LogP contribution in [0.2, 0.25) is 0 Å². The first-order valence-electron chi connectivity index (χ1n) is 1.70. The summed E-state index contributed by atoms with van der Waals surface area (Å²) in [5, 5.41) is 0. The second-order valence-corrected chi connectivity index (χ2v) is 1.79. The van der Waals surface area contributed by atoms with Gasteiger partial charge in [0.05, 0.1) is 7.11 Å². The smallest absolute Gasteiger partial charge is 0.144 e. The highest BCUT2D eigenvalue weighted by atomic mass is 28.2. The molecule has 0 bridgehead atoms. The van der Waals surface area contributed by atoms with Crippen LogP contribution in [0.3, 0.4) is 0 Å². The molecule has 0 fully saturated rings. The van der Waals surface area contributed by atoms with Gasteiger partial charge in [0.15, 0.2) is 0 Å². The van der Waals surface area contributed by atoms with Crippen LogP contribution in [0.5, 0.6) is 0 Å². The summed E-state index contributed by atoms with van der Waals surface area (Å²) in [6.45, 7) is 3.47. The van der Waals surface area contributed by atoms with E-state index in [4.69, 9.17) is 0 Å². The first-order valence-corrected chi connectivity index (χ1v) is 2.60. The Morgan fingerprint density at radius 1 is 2.00 bits per heavy atom. The van der Waals surface area contributed by atoms with Gasteiger partial charge in [-0.05, 0) is 0 Å². The summed E-state index contributed by atoms with van der Waals surface area (Å²) in [5.41, 5.74) is 0. The van der Waals surface area contributed by atoms with Crippen LogP contribution in [0.1, 0.15) is 0 Å². The lowest BCUT2D eigenvalue weighted by Crippen LogP contribution is -2.08. The predicted molar refractivity (Wildman–Crippen MR) is 29.0 cm³/mol. The molecule has 0 amide bonds. The van der Waals surface area contributed by atoms with Crippen LogP contribution in [0, 0.1) is 0 Å². The molecule has 0 rings (SSSR count). The Labute approximate surface area is 40.9 Å². The molecule has 0 spiro atoms. The molecule has 0 aromatic carbocycles. The van der Waals surface area contributed by atoms with Gasteiger partial charge in [-0.1, -0.05) is 6.58 Å². The summed E-state index contributed by atoms with van der Waals surface area (Å²) in [4.78, 5) is 4.68. The predicted octanol–water partition coefficient (Wildman–Crippen LogP) is -0.726. The Hall–Kier alpha value is -0.283. The van der Waals surface area contributed by atoms with Gasteiger partial charge < -0.3 is 4.73 Å². The molecule has 6 heavy (non-hydrogen) atoms. The molecule has 2 nitrogen and oxygen atoms in total. The Balaban J connectivity index is 2.96. The van der Waals surface area contributed by atoms with E-state index in [1.807, 2.05) is 0 Å². The number of nitrogens with zero attached hydrogens (tertiary/aromatic N) is 1. The van der Waals surface area contributed by atoms with E-state index in [2.05, 4.69) is 11.4 Å². The zero-order valence-corrected chi connectivity index (χ0v) is 6.14. The molecular weight excluding hydrogens is 94.1 g/mol. The number of rotatable bonds is 2. The third-order valence-electron chi connectivity index (χ3n) is 0.545. The first-order chi connectivity index (χ1) is 2.81. The van der Waals surface area contributed by atoms with E-state index in [9.17, 15) is 0 Å². The van der Waals surface area contributed by atoms with Crippen LogP contribution in [-0.4, -0.2) is 22.2 Å². The lowest BCUT2D eigenvalue weighted by atomic mass is 11.1. The molecular formula is C3H9NOSi. The van der Waals surface area contributed by atoms with Crippen molar-refractivity contribution in [3.05, 3.63) is 12.8 Å². The van der Waals surface area contributed by atoms with Crippen LogP contribution in [-0.2, 0) is 4.84 Å². The highest BCUT2D eigenvalue weighted by molar-refractivity contribution is 6.04. The minimum atomic E-state index is 0.883. The summed E-state index contributed by atoms with van der Waals surface area (Å²) in [7, 11) is 2.50. The Bertz CT molecular complexity index is 48.1. The lowest BCUT2D eigenvalue weighted by molar-refractivity contribution is -0.00459. The average Bonchev–Trinajstić information content (AvgIpc) is 1.65. The van der Waals surface area contributed by atoms with Crippen molar-refractivity contribution in [2.24, 2.45) is 0 Å². The Morgan fingerprint density at radius 2 is 2.50 bits per heavy atom. The standard InChI is InChI=1S/C3H9NOSi/c1-3-4(6)5-2/h3H,1H2,2,6H3. The second kappa shape index (κ2) is 2.93. The van der Waals surface area contributed by atoms with Crippen LogP contribution in [0.25, 0.3) is 0 Å². The van der Waals surface area contributed by atoms with Crippen molar-refractivity contribution in [1.82, 2.24) is 4.73 Å². The SMILES string of the molecule is C=CN([SiH3])OC. The van der Waals surface area contributed by atoms with Gasteiger partial charge in [-0.2, -0.15) is 0 Å². The van der Waals surface area contributed by atoms with Crippen LogP contribution < -0.4 is 0 Å². The van der Waals surface area contributed by atoms with Crippen LogP contribution >= 0.6 is 0 Å². The van der Waals surface area contributed by atoms with Gasteiger partial charge in [0, 0.05) is 6.20 Å². The van der Waals surface area contributed by atoms with Crippen molar-refractivity contribution in [3.8, 4) is 0 Å². The average molecular weight is 103 g/mol. The van der Waals surface area contributed by atoms with E-state index in [0.717, 1.165) is 10.4 Å². The molecule has 0 aromatic rings. The van der Waals surface area contributed by atoms with Crippen molar-refractivity contribution >= 4 is 10.4 Å². The summed E-state index contributed by atoms with van der Waals surface area (Å²) in [5.74, 6) is 0. The molecule has 0 heterocycles. The third-order valence-corrected chi connectivity index (χ3v) is 1.28. The summed E-state index contributed by atoms with van der Waals surface area (Å²) in [6, 6.07) is 0. The quantitative estimate of drug-likeness (QED) is 0.337. The van der Waals surface area contributed by atoms with E-state index in [1.165, 1.54) is 0 Å². The molecule has 3 heteroatoms. The molecule has 0 radical (unpaired) electrons. The largest absolute Gasteiger partial charge is 0.303 e. The van der Waals surface area contributed by atoms with E-state index >= 15 is 0 Å². The topological polar surface area (TPSA) is 12.5 Å². The van der Waals surface area contributed by atoms with Crippen molar-refractivity contribution < 1.29 is 4.84 Å². The number of hydrogen-bond acceptors (Lipinski definition) is 2. The maximum atomic E-state index is 4.68. The third kappa shape index (κ3) is 1.99. The van der Waals surface area contributed by atoms with Crippen molar-refractivity contribution in [2.45, 2.75) is 0 Å². The van der Waals surface area contributed by atoms with Crippen LogP contribution in [0.4, 0.5) is 0 Å². The van der Waals surface area contributed by atoms with Gasteiger partial charge in [-0.15, -0.1) is 0 Å². The fourth-order valence-corrected chi connectivity index (χ4v) is 0.0745. The van der Waals surface area contributed by atoms with Crippen molar-refractivity contribution in [1.29, 1.82) is 0 Å². The van der Waals surface area contributed by atoms with Gasteiger partial charge in [0.25, 0.3) is 0 Å². The fourth-order valence-electron chi connectivity index (χ4n) is 0.0745. The minimum Gasteiger partial charge on any atom is -0.303 e. The monoisotopic (exact) mass is 103 g/mol. The van der Waals surface area contributed by atoms with E-state index in [-0.39, 0.29) is 0 Å². The van der Waals surface area contributed by atoms with E-state index in [0.29, 0.717) is 0 Å². The van der Waals surface area contributed by atoms with E-state index in [1.54, 1.807) is 18.0 Å². The van der Waals surface area contributed by atoms with Gasteiger partial charge in [-0.3, -0.25) is 4.84 Å². The van der Waals surface area contributed by atoms with Crippen molar-refractivity contribution in [3.63, 3.8) is 0 Å². The molecule has 0 saturated carbocycles. The van der Waals surface area contributed by atoms with Crippen molar-refractivity contribution in [2.75, 3.05) is 7.11 Å². The Morgan fingerprint density at radius 3 is 2.50 bits per heavy atom. The number of hydroxylamine groups is 1. The molecule has 0 N–H and O–H groups in total. The molecule has 0 atom stereocenters. The maximum absolute atomic E-state index is 4.68. The minimum absolute atomic E-state index is 0.883. The van der Waals surface area contributed by atoms with Gasteiger partial charge in [0.1, 0.15) is 10.4 Å². The zero-order valence-electron chi connectivity index (χ0n) is 4.14. The molecule has 0 unspecified atom stereocenters. The molecule has 0 aromatic heterocycles. The van der Waals surface area contributed by atoms with Gasteiger partial charge in [0.2, 0.25) is 0 Å². The van der Waals surface area contributed by atoms with E-state index < -0.39 is 0 Å². The highest BCUT2D eigenvalue weighted by Crippen LogP contribution is 1.73. The molecule has 0 aliphatic heterocycles. The number of hydrogen-bond donors (Lipinski definition) is 0. The summed E-state index contributed by atoms with van der Waals surface area (Å²) in [6.07, 6.45) is 1.65. The normalized spacial score (nSPS) is 8.17. The van der Waals surface area contributed by atoms with Gasteiger partial charge in [-0.25, -0.2) is 0 Å². The highest BCUT2D eigenvalue weighted by Gasteiger charge is 1.73.